The second-order valence-corrected chi connectivity index (χ2v) is 6.23. The van der Waals surface area contributed by atoms with Crippen molar-refractivity contribution in [3.8, 4) is 0 Å². The van der Waals surface area contributed by atoms with Crippen LogP contribution in [0.1, 0.15) is 16.7 Å². The molecule has 21 heavy (non-hydrogen) atoms. The fourth-order valence-corrected chi connectivity index (χ4v) is 3.96. The summed E-state index contributed by atoms with van der Waals surface area (Å²) in [6.45, 7) is 1.53. The highest BCUT2D eigenvalue weighted by Crippen LogP contribution is 2.41. The van der Waals surface area contributed by atoms with Crippen molar-refractivity contribution in [2.75, 3.05) is 18.0 Å². The first-order chi connectivity index (χ1) is 10.2. The van der Waals surface area contributed by atoms with Crippen molar-refractivity contribution in [3.05, 3.63) is 65.0 Å². The number of halogens is 1. The van der Waals surface area contributed by atoms with E-state index in [0.717, 1.165) is 31.5 Å². The summed E-state index contributed by atoms with van der Waals surface area (Å²) in [4.78, 5) is 2.35. The Bertz CT molecular complexity index is 670. The van der Waals surface area contributed by atoms with E-state index in [2.05, 4.69) is 29.2 Å². The number of nitrogens with zero attached hydrogens (tertiary/aromatic N) is 1. The summed E-state index contributed by atoms with van der Waals surface area (Å²) in [5.74, 6) is -0.164. The molecule has 2 N–H and O–H groups in total. The molecule has 1 aliphatic carbocycles. The fourth-order valence-electron chi connectivity index (χ4n) is 3.96. The molecule has 0 atom stereocenters. The SMILES string of the molecule is NCC1(N2CCc3ccc(F)cc32)Cc2ccccc2C1. The van der Waals surface area contributed by atoms with Gasteiger partial charge >= 0.3 is 0 Å². The molecule has 0 saturated carbocycles. The molecule has 0 amide bonds. The number of fused-ring (bicyclic) bond motifs is 2. The largest absolute Gasteiger partial charge is 0.363 e. The van der Waals surface area contributed by atoms with Crippen LogP contribution in [-0.2, 0) is 19.3 Å². The quantitative estimate of drug-likeness (QED) is 0.917. The Morgan fingerprint density at radius 1 is 1.05 bits per heavy atom. The second-order valence-electron chi connectivity index (χ2n) is 6.23. The van der Waals surface area contributed by atoms with Crippen LogP contribution in [0.3, 0.4) is 0 Å². The first kappa shape index (κ1) is 12.8. The summed E-state index contributed by atoms with van der Waals surface area (Å²) >= 11 is 0. The van der Waals surface area contributed by atoms with Gasteiger partial charge in [-0.3, -0.25) is 0 Å². The Morgan fingerprint density at radius 2 is 1.76 bits per heavy atom. The van der Waals surface area contributed by atoms with E-state index >= 15 is 0 Å². The summed E-state index contributed by atoms with van der Waals surface area (Å²) in [7, 11) is 0. The van der Waals surface area contributed by atoms with Gasteiger partial charge in [-0.05, 0) is 48.1 Å². The molecular weight excluding hydrogens is 263 g/mol. The Labute approximate surface area is 124 Å². The molecule has 0 fully saturated rings. The number of anilines is 1. The van der Waals surface area contributed by atoms with Gasteiger partial charge in [0.15, 0.2) is 0 Å². The molecular formula is C18H19FN2. The minimum Gasteiger partial charge on any atom is -0.363 e. The van der Waals surface area contributed by atoms with Crippen LogP contribution in [-0.4, -0.2) is 18.6 Å². The monoisotopic (exact) mass is 282 g/mol. The Hall–Kier alpha value is -1.87. The molecule has 108 valence electrons. The Kier molecular flexibility index (Phi) is 2.79. The lowest BCUT2D eigenvalue weighted by atomic mass is 9.93. The fraction of sp³-hybridized carbons (Fsp3) is 0.333. The minimum atomic E-state index is -0.164. The molecule has 0 saturated heterocycles. The molecule has 0 spiro atoms. The van der Waals surface area contributed by atoms with E-state index in [-0.39, 0.29) is 11.4 Å². The van der Waals surface area contributed by atoms with Gasteiger partial charge in [-0.1, -0.05) is 30.3 Å². The van der Waals surface area contributed by atoms with Crippen molar-refractivity contribution in [2.45, 2.75) is 24.8 Å². The van der Waals surface area contributed by atoms with Crippen LogP contribution < -0.4 is 10.6 Å². The average Bonchev–Trinajstić information content (AvgIpc) is 3.07. The zero-order valence-electron chi connectivity index (χ0n) is 12.0. The highest BCUT2D eigenvalue weighted by atomic mass is 19.1. The minimum absolute atomic E-state index is 0.0945. The Balaban J connectivity index is 1.76. The van der Waals surface area contributed by atoms with Crippen LogP contribution in [0.15, 0.2) is 42.5 Å². The van der Waals surface area contributed by atoms with Gasteiger partial charge in [0, 0.05) is 18.8 Å². The molecule has 4 rings (SSSR count). The molecule has 2 nitrogen and oxygen atoms in total. The summed E-state index contributed by atoms with van der Waals surface area (Å²) in [6, 6.07) is 13.7. The molecule has 0 aromatic heterocycles. The van der Waals surface area contributed by atoms with Crippen LogP contribution >= 0.6 is 0 Å². The smallest absolute Gasteiger partial charge is 0.125 e. The number of hydrogen-bond acceptors (Lipinski definition) is 2. The van der Waals surface area contributed by atoms with Crippen LogP contribution in [0.5, 0.6) is 0 Å². The zero-order valence-corrected chi connectivity index (χ0v) is 12.0. The van der Waals surface area contributed by atoms with E-state index in [9.17, 15) is 4.39 Å². The lowest BCUT2D eigenvalue weighted by Gasteiger charge is -2.40. The van der Waals surface area contributed by atoms with Crippen molar-refractivity contribution < 1.29 is 4.39 Å². The van der Waals surface area contributed by atoms with E-state index in [0.29, 0.717) is 6.54 Å². The topological polar surface area (TPSA) is 29.3 Å². The van der Waals surface area contributed by atoms with Crippen LogP contribution in [0.25, 0.3) is 0 Å². The van der Waals surface area contributed by atoms with E-state index in [1.807, 2.05) is 6.07 Å². The predicted octanol–water partition coefficient (Wildman–Crippen LogP) is 2.68. The summed E-state index contributed by atoms with van der Waals surface area (Å²) in [6.07, 6.45) is 2.89. The van der Waals surface area contributed by atoms with E-state index in [1.54, 1.807) is 12.1 Å². The highest BCUT2D eigenvalue weighted by Gasteiger charge is 2.43. The molecule has 2 aromatic carbocycles. The molecule has 1 heterocycles. The number of hydrogen-bond donors (Lipinski definition) is 1. The zero-order chi connectivity index (χ0) is 14.4. The number of benzene rings is 2. The van der Waals surface area contributed by atoms with Gasteiger partial charge in [0.1, 0.15) is 5.82 Å². The van der Waals surface area contributed by atoms with Crippen molar-refractivity contribution >= 4 is 5.69 Å². The van der Waals surface area contributed by atoms with Crippen molar-refractivity contribution in [1.29, 1.82) is 0 Å². The van der Waals surface area contributed by atoms with Gasteiger partial charge in [0.2, 0.25) is 0 Å². The molecule has 0 radical (unpaired) electrons. The second kappa shape index (κ2) is 4.57. The standard InChI is InChI=1S/C18H19FN2/c19-16-6-5-13-7-8-21(17(13)9-16)18(12-20)10-14-3-1-2-4-15(14)11-18/h1-6,9H,7-8,10-12,20H2. The van der Waals surface area contributed by atoms with E-state index in [4.69, 9.17) is 5.73 Å². The first-order valence-electron chi connectivity index (χ1n) is 7.55. The van der Waals surface area contributed by atoms with Crippen LogP contribution in [0, 0.1) is 5.82 Å². The molecule has 3 heteroatoms. The van der Waals surface area contributed by atoms with Gasteiger partial charge < -0.3 is 10.6 Å². The van der Waals surface area contributed by atoms with Gasteiger partial charge in [0.05, 0.1) is 5.54 Å². The third-order valence-corrected chi connectivity index (χ3v) is 5.05. The lowest BCUT2D eigenvalue weighted by Crippen LogP contribution is -2.54. The van der Waals surface area contributed by atoms with Crippen molar-refractivity contribution in [1.82, 2.24) is 0 Å². The summed E-state index contributed by atoms with van der Waals surface area (Å²) in [5.41, 5.74) is 11.1. The lowest BCUT2D eigenvalue weighted by molar-refractivity contribution is 0.420. The summed E-state index contributed by atoms with van der Waals surface area (Å²) < 4.78 is 13.7. The molecule has 0 bridgehead atoms. The average molecular weight is 282 g/mol. The van der Waals surface area contributed by atoms with Gasteiger partial charge in [-0.2, -0.15) is 0 Å². The van der Waals surface area contributed by atoms with E-state index < -0.39 is 0 Å². The molecule has 2 aromatic rings. The number of rotatable bonds is 2. The summed E-state index contributed by atoms with van der Waals surface area (Å²) in [5, 5.41) is 0. The maximum atomic E-state index is 13.7. The van der Waals surface area contributed by atoms with Gasteiger partial charge in [-0.15, -0.1) is 0 Å². The Morgan fingerprint density at radius 3 is 2.43 bits per heavy atom. The van der Waals surface area contributed by atoms with Crippen LogP contribution in [0.2, 0.25) is 0 Å². The van der Waals surface area contributed by atoms with Crippen LogP contribution in [0.4, 0.5) is 10.1 Å². The highest BCUT2D eigenvalue weighted by molar-refractivity contribution is 5.62. The van der Waals surface area contributed by atoms with Crippen molar-refractivity contribution in [3.63, 3.8) is 0 Å². The maximum Gasteiger partial charge on any atom is 0.125 e. The van der Waals surface area contributed by atoms with E-state index in [1.165, 1.54) is 16.7 Å². The third-order valence-electron chi connectivity index (χ3n) is 5.05. The maximum absolute atomic E-state index is 13.7. The number of nitrogens with two attached hydrogens (primary N) is 1. The third kappa shape index (κ3) is 1.88. The molecule has 0 unspecified atom stereocenters. The molecule has 2 aliphatic rings. The van der Waals surface area contributed by atoms with Gasteiger partial charge in [0.25, 0.3) is 0 Å². The normalized spacial score (nSPS) is 18.7. The predicted molar refractivity (Wildman–Crippen MR) is 83.1 cm³/mol. The first-order valence-corrected chi connectivity index (χ1v) is 7.55. The van der Waals surface area contributed by atoms with Gasteiger partial charge in [-0.25, -0.2) is 4.39 Å². The molecule has 1 aliphatic heterocycles. The van der Waals surface area contributed by atoms with Crippen molar-refractivity contribution in [2.24, 2.45) is 5.73 Å².